The molecule has 9 heteroatoms. The van der Waals surface area contributed by atoms with Crippen LogP contribution >= 0.6 is 0 Å². The molecule has 0 radical (unpaired) electrons. The number of carbonyl (C=O) groups excluding carboxylic acids is 1. The van der Waals surface area contributed by atoms with Gasteiger partial charge in [0.05, 0.1) is 34.8 Å². The van der Waals surface area contributed by atoms with Crippen LogP contribution in [0.1, 0.15) is 31.1 Å². The SMILES string of the molecule is CC(C)(O)C(NC(=O)Nc1cc2[nH]nc(-c3ccc(F)cc3)c2c(CO)n1)c1ccccc1. The Kier molecular flexibility index (Phi) is 6.08. The van der Waals surface area contributed by atoms with Gasteiger partial charge in [0, 0.05) is 11.6 Å². The molecule has 1 unspecified atom stereocenters. The van der Waals surface area contributed by atoms with Crippen molar-refractivity contribution in [3.05, 3.63) is 77.7 Å². The number of H-pyrrole nitrogens is 1. The Labute approximate surface area is 189 Å². The van der Waals surface area contributed by atoms with Gasteiger partial charge < -0.3 is 15.5 Å². The topological polar surface area (TPSA) is 123 Å². The lowest BCUT2D eigenvalue weighted by Gasteiger charge is -2.30. The van der Waals surface area contributed by atoms with E-state index in [1.54, 1.807) is 32.0 Å². The van der Waals surface area contributed by atoms with Gasteiger partial charge in [0.25, 0.3) is 0 Å². The number of hydrogen-bond donors (Lipinski definition) is 5. The van der Waals surface area contributed by atoms with Gasteiger partial charge in [-0.15, -0.1) is 0 Å². The van der Waals surface area contributed by atoms with E-state index in [0.717, 1.165) is 5.56 Å². The number of fused-ring (bicyclic) bond motifs is 1. The van der Waals surface area contributed by atoms with E-state index in [9.17, 15) is 19.4 Å². The summed E-state index contributed by atoms with van der Waals surface area (Å²) >= 11 is 0. The third kappa shape index (κ3) is 4.84. The van der Waals surface area contributed by atoms with E-state index in [4.69, 9.17) is 0 Å². The Balaban J connectivity index is 1.61. The van der Waals surface area contributed by atoms with Gasteiger partial charge in [-0.25, -0.2) is 14.2 Å². The van der Waals surface area contributed by atoms with Crippen LogP contribution in [-0.4, -0.2) is 37.0 Å². The van der Waals surface area contributed by atoms with E-state index in [1.807, 2.05) is 30.3 Å². The van der Waals surface area contributed by atoms with Crippen molar-refractivity contribution >= 4 is 22.8 Å². The fourth-order valence-corrected chi connectivity index (χ4v) is 3.71. The predicted octanol–water partition coefficient (Wildman–Crippen LogP) is 3.89. The van der Waals surface area contributed by atoms with Crippen molar-refractivity contribution in [2.24, 2.45) is 0 Å². The minimum absolute atomic E-state index is 0.195. The number of halogens is 1. The van der Waals surface area contributed by atoms with Crippen LogP contribution < -0.4 is 10.6 Å². The molecule has 8 nitrogen and oxygen atoms in total. The molecule has 1 atom stereocenters. The van der Waals surface area contributed by atoms with E-state index < -0.39 is 24.3 Å². The number of aromatic nitrogens is 3. The normalized spacial score (nSPS) is 12.5. The molecule has 4 rings (SSSR count). The summed E-state index contributed by atoms with van der Waals surface area (Å²) in [5, 5.41) is 33.6. The summed E-state index contributed by atoms with van der Waals surface area (Å²) in [4.78, 5) is 17.1. The van der Waals surface area contributed by atoms with E-state index >= 15 is 0 Å². The first kappa shape index (κ1) is 22.4. The minimum Gasteiger partial charge on any atom is -0.390 e. The number of aromatic amines is 1. The number of carbonyl (C=O) groups is 1. The summed E-state index contributed by atoms with van der Waals surface area (Å²) in [5.41, 5.74) is 1.55. The summed E-state index contributed by atoms with van der Waals surface area (Å²) in [6, 6.07) is 15.3. The summed E-state index contributed by atoms with van der Waals surface area (Å²) in [6.45, 7) is 2.83. The van der Waals surface area contributed by atoms with Crippen LogP contribution in [0.3, 0.4) is 0 Å². The van der Waals surface area contributed by atoms with Gasteiger partial charge in [-0.05, 0) is 43.7 Å². The molecule has 0 fully saturated rings. The first-order valence-corrected chi connectivity index (χ1v) is 10.4. The number of anilines is 1. The number of urea groups is 1. The summed E-state index contributed by atoms with van der Waals surface area (Å²) < 4.78 is 13.3. The third-order valence-electron chi connectivity index (χ3n) is 5.24. The van der Waals surface area contributed by atoms with Gasteiger partial charge in [-0.2, -0.15) is 5.10 Å². The largest absolute Gasteiger partial charge is 0.390 e. The number of aliphatic hydroxyl groups excluding tert-OH is 1. The number of nitrogens with zero attached hydrogens (tertiary/aromatic N) is 2. The third-order valence-corrected chi connectivity index (χ3v) is 5.24. The molecule has 0 aliphatic carbocycles. The minimum atomic E-state index is -1.22. The Morgan fingerprint density at radius 1 is 1.15 bits per heavy atom. The van der Waals surface area contributed by atoms with Gasteiger partial charge >= 0.3 is 6.03 Å². The van der Waals surface area contributed by atoms with Crippen molar-refractivity contribution in [1.82, 2.24) is 20.5 Å². The maximum Gasteiger partial charge on any atom is 0.320 e. The van der Waals surface area contributed by atoms with Crippen molar-refractivity contribution < 1.29 is 19.4 Å². The van der Waals surface area contributed by atoms with Crippen LogP contribution in [-0.2, 0) is 6.61 Å². The zero-order valence-corrected chi connectivity index (χ0v) is 18.1. The van der Waals surface area contributed by atoms with E-state index in [1.165, 1.54) is 12.1 Å². The van der Waals surface area contributed by atoms with Crippen LogP contribution in [0.15, 0.2) is 60.7 Å². The quantitative estimate of drug-likeness (QED) is 0.306. The summed E-state index contributed by atoms with van der Waals surface area (Å²) in [5.74, 6) is -0.169. The average molecular weight is 449 g/mol. The smallest absolute Gasteiger partial charge is 0.320 e. The summed E-state index contributed by atoms with van der Waals surface area (Å²) in [6.07, 6.45) is 0. The van der Waals surface area contributed by atoms with Crippen LogP contribution in [0, 0.1) is 5.82 Å². The first-order chi connectivity index (χ1) is 15.8. The maximum absolute atomic E-state index is 13.3. The van der Waals surface area contributed by atoms with E-state index in [-0.39, 0.29) is 11.6 Å². The highest BCUT2D eigenvalue weighted by Gasteiger charge is 2.30. The van der Waals surface area contributed by atoms with Gasteiger partial charge in [0.2, 0.25) is 0 Å². The molecule has 4 aromatic rings. The highest BCUT2D eigenvalue weighted by molar-refractivity contribution is 5.97. The molecule has 0 aliphatic rings. The van der Waals surface area contributed by atoms with Gasteiger partial charge in [-0.1, -0.05) is 30.3 Å². The Hall–Kier alpha value is -3.82. The number of amides is 2. The molecule has 0 aliphatic heterocycles. The van der Waals surface area contributed by atoms with Crippen molar-refractivity contribution in [2.75, 3.05) is 5.32 Å². The number of benzene rings is 2. The molecule has 33 heavy (non-hydrogen) atoms. The zero-order valence-electron chi connectivity index (χ0n) is 18.1. The lowest BCUT2D eigenvalue weighted by Crippen LogP contribution is -2.44. The van der Waals surface area contributed by atoms with Crippen LogP contribution in [0.4, 0.5) is 15.0 Å². The van der Waals surface area contributed by atoms with Crippen LogP contribution in [0.25, 0.3) is 22.2 Å². The zero-order chi connectivity index (χ0) is 23.6. The number of nitrogens with one attached hydrogen (secondary N) is 3. The molecule has 2 heterocycles. The second kappa shape index (κ2) is 8.97. The maximum atomic E-state index is 13.3. The molecule has 2 amide bonds. The van der Waals surface area contributed by atoms with Crippen LogP contribution in [0.2, 0.25) is 0 Å². The van der Waals surface area contributed by atoms with Gasteiger partial charge in [-0.3, -0.25) is 10.4 Å². The fourth-order valence-electron chi connectivity index (χ4n) is 3.71. The molecular weight excluding hydrogens is 425 g/mol. The summed E-state index contributed by atoms with van der Waals surface area (Å²) in [7, 11) is 0. The highest BCUT2D eigenvalue weighted by atomic mass is 19.1. The average Bonchev–Trinajstić information content (AvgIpc) is 3.21. The second-order valence-electron chi connectivity index (χ2n) is 8.21. The molecule has 0 saturated heterocycles. The molecular formula is C24H24FN5O3. The molecule has 170 valence electrons. The van der Waals surface area contributed by atoms with E-state index in [0.29, 0.717) is 27.9 Å². The second-order valence-corrected chi connectivity index (χ2v) is 8.21. The number of rotatable bonds is 6. The Morgan fingerprint density at radius 3 is 2.48 bits per heavy atom. The number of pyridine rings is 1. The first-order valence-electron chi connectivity index (χ1n) is 10.4. The predicted molar refractivity (Wildman–Crippen MR) is 123 cm³/mol. The van der Waals surface area contributed by atoms with Crippen molar-refractivity contribution in [3.63, 3.8) is 0 Å². The van der Waals surface area contributed by atoms with Crippen molar-refractivity contribution in [3.8, 4) is 11.3 Å². The molecule has 0 saturated carbocycles. The molecule has 0 spiro atoms. The van der Waals surface area contributed by atoms with Gasteiger partial charge in [0.1, 0.15) is 17.3 Å². The number of aliphatic hydroxyl groups is 2. The lowest BCUT2D eigenvalue weighted by molar-refractivity contribution is 0.0415. The fraction of sp³-hybridized carbons (Fsp3) is 0.208. The molecule has 0 bridgehead atoms. The Bertz CT molecular complexity index is 1270. The highest BCUT2D eigenvalue weighted by Crippen LogP contribution is 2.30. The molecule has 2 aromatic carbocycles. The van der Waals surface area contributed by atoms with E-state index in [2.05, 4.69) is 25.8 Å². The monoisotopic (exact) mass is 449 g/mol. The Morgan fingerprint density at radius 2 is 1.85 bits per heavy atom. The van der Waals surface area contributed by atoms with Crippen molar-refractivity contribution in [2.45, 2.75) is 32.1 Å². The van der Waals surface area contributed by atoms with Gasteiger partial charge in [0.15, 0.2) is 0 Å². The van der Waals surface area contributed by atoms with Crippen LogP contribution in [0.5, 0.6) is 0 Å². The standard InChI is InChI=1S/C24H24FN5O3/c1-24(2,33)22(15-6-4-3-5-7-15)28-23(32)27-19-12-17-20(18(13-31)26-19)21(30-29-17)14-8-10-16(25)11-9-14/h3-12,22,31,33H,13H2,1-2H3,(H,29,30)(H2,26,27,28,32). The lowest BCUT2D eigenvalue weighted by atomic mass is 9.92. The molecule has 5 N–H and O–H groups in total. The van der Waals surface area contributed by atoms with Crippen molar-refractivity contribution in [1.29, 1.82) is 0 Å². The number of hydrogen-bond acceptors (Lipinski definition) is 5. The molecule has 2 aromatic heterocycles.